The first kappa shape index (κ1) is 34.0. The van der Waals surface area contributed by atoms with Crippen LogP contribution in [0.4, 0.5) is 32.1 Å². The lowest BCUT2D eigenvalue weighted by Gasteiger charge is -2.05. The highest BCUT2D eigenvalue weighted by Gasteiger charge is 2.06. The smallest absolute Gasteiger partial charge is 0.326 e. The van der Waals surface area contributed by atoms with Crippen molar-refractivity contribution in [3.8, 4) is 0 Å². The van der Waals surface area contributed by atoms with Gasteiger partial charge in [0, 0.05) is 17.6 Å². The number of benzene rings is 2. The molecule has 0 radical (unpaired) electrons. The van der Waals surface area contributed by atoms with Crippen molar-refractivity contribution >= 4 is 129 Å². The summed E-state index contributed by atoms with van der Waals surface area (Å²) in [5, 5.41) is 2.75. The molecule has 208 valence electrons. The summed E-state index contributed by atoms with van der Waals surface area (Å²) in [6.07, 6.45) is 2.88. The van der Waals surface area contributed by atoms with Gasteiger partial charge in [0.15, 0.2) is 0 Å². The molecule has 8 nitrogen and oxygen atoms in total. The van der Waals surface area contributed by atoms with Gasteiger partial charge in [-0.15, -0.1) is 0 Å². The quantitative estimate of drug-likeness (QED) is 0.139. The third-order valence-electron chi connectivity index (χ3n) is 3.82. The second-order valence-corrected chi connectivity index (χ2v) is 16.2. The zero-order valence-corrected chi connectivity index (χ0v) is 27.1. The van der Waals surface area contributed by atoms with E-state index in [1.807, 2.05) is 0 Å². The van der Waals surface area contributed by atoms with Gasteiger partial charge < -0.3 is 10.6 Å². The molecular weight excluding hydrogens is 798 g/mol. The Morgan fingerprint density at radius 3 is 1.77 bits per heavy atom. The lowest BCUT2D eigenvalue weighted by atomic mass is 10.3. The van der Waals surface area contributed by atoms with Crippen molar-refractivity contribution in [2.45, 2.75) is 0 Å². The van der Waals surface area contributed by atoms with Crippen LogP contribution >= 0.6 is 106 Å². The average molecular weight is 809 g/mol. The largest absolute Gasteiger partial charge is 0.339 e. The SMILES string of the molecule is Fc1ccc(Nc2ncc(Br)c(Cl)n2)cc1Cl.O=P(Cl)(Cl)Cl.O=c1[nH]c(Nc2ccc(F)c(Cl)c2)ncc1Br. The molecular formula is C20H11Br2Cl6F2N6O2P. The highest BCUT2D eigenvalue weighted by molar-refractivity contribution is 9.10. The minimum absolute atomic E-state index is 0.00513. The molecule has 0 amide bonds. The van der Waals surface area contributed by atoms with Crippen LogP contribution in [0.25, 0.3) is 0 Å². The van der Waals surface area contributed by atoms with Gasteiger partial charge >= 0.3 is 5.20 Å². The third-order valence-corrected chi connectivity index (χ3v) is 6.06. The van der Waals surface area contributed by atoms with E-state index in [9.17, 15) is 18.1 Å². The number of H-pyrrole nitrogens is 1. The van der Waals surface area contributed by atoms with Gasteiger partial charge in [0.2, 0.25) is 11.9 Å². The fourth-order valence-electron chi connectivity index (χ4n) is 2.26. The molecule has 2 heterocycles. The van der Waals surface area contributed by atoms with E-state index in [-0.39, 0.29) is 26.7 Å². The molecule has 0 spiro atoms. The van der Waals surface area contributed by atoms with Crippen molar-refractivity contribution in [1.29, 1.82) is 0 Å². The monoisotopic (exact) mass is 804 g/mol. The van der Waals surface area contributed by atoms with Gasteiger partial charge in [0.05, 0.1) is 20.7 Å². The Morgan fingerprint density at radius 1 is 0.821 bits per heavy atom. The number of hydrogen-bond acceptors (Lipinski definition) is 7. The van der Waals surface area contributed by atoms with Gasteiger partial charge in [0.25, 0.3) is 5.56 Å². The van der Waals surface area contributed by atoms with E-state index in [0.29, 0.717) is 26.3 Å². The van der Waals surface area contributed by atoms with Crippen molar-refractivity contribution in [3.05, 3.63) is 94.9 Å². The molecule has 39 heavy (non-hydrogen) atoms. The van der Waals surface area contributed by atoms with Crippen molar-refractivity contribution < 1.29 is 13.3 Å². The lowest BCUT2D eigenvalue weighted by molar-refractivity contribution is 0.600. The maximum Gasteiger partial charge on any atom is 0.339 e. The Bertz CT molecular complexity index is 1510. The maximum absolute atomic E-state index is 12.9. The molecule has 19 heteroatoms. The van der Waals surface area contributed by atoms with Crippen molar-refractivity contribution in [2.24, 2.45) is 0 Å². The van der Waals surface area contributed by atoms with Crippen molar-refractivity contribution in [3.63, 3.8) is 0 Å². The molecule has 0 aliphatic heterocycles. The molecule has 4 aromatic rings. The van der Waals surface area contributed by atoms with E-state index in [1.165, 1.54) is 48.8 Å². The molecule has 0 aliphatic rings. The molecule has 0 aliphatic carbocycles. The van der Waals surface area contributed by atoms with Crippen LogP contribution in [0.3, 0.4) is 0 Å². The summed E-state index contributed by atoms with van der Waals surface area (Å²) in [4.78, 5) is 25.7. The first-order chi connectivity index (χ1) is 18.1. The molecule has 0 saturated heterocycles. The number of hydrogen-bond donors (Lipinski definition) is 3. The topological polar surface area (TPSA) is 113 Å². The highest BCUT2D eigenvalue weighted by atomic mass is 79.9. The van der Waals surface area contributed by atoms with E-state index in [1.54, 1.807) is 0 Å². The van der Waals surface area contributed by atoms with Crippen LogP contribution in [0.1, 0.15) is 0 Å². The fraction of sp³-hybridized carbons (Fsp3) is 0. The summed E-state index contributed by atoms with van der Waals surface area (Å²) in [6.45, 7) is 0. The van der Waals surface area contributed by atoms with Gasteiger partial charge in [-0.2, -0.15) is 4.98 Å². The minimum atomic E-state index is -3.22. The second-order valence-electron chi connectivity index (χ2n) is 6.65. The highest BCUT2D eigenvalue weighted by Crippen LogP contribution is 2.61. The van der Waals surface area contributed by atoms with E-state index < -0.39 is 16.8 Å². The standard InChI is InChI=1S/C10H5BrCl2FN3.C10H6BrClFN3O.Cl3OP/c11-6-4-15-10(17-9(6)13)16-5-1-2-8(14)7(12)3-5;11-6-4-14-10(16-9(6)17)15-5-1-2-8(13)7(12)3-5;1-5(2,3)4/h1-4H,(H,15,16,17);1-4H,(H2,14,15,16,17);. The van der Waals surface area contributed by atoms with Crippen LogP contribution < -0.4 is 16.2 Å². The Morgan fingerprint density at radius 2 is 1.31 bits per heavy atom. The Labute approximate surface area is 265 Å². The van der Waals surface area contributed by atoms with Crippen LogP contribution in [0.15, 0.2) is 62.5 Å². The van der Waals surface area contributed by atoms with E-state index in [4.69, 9.17) is 34.8 Å². The van der Waals surface area contributed by atoms with Crippen molar-refractivity contribution in [2.75, 3.05) is 10.6 Å². The molecule has 2 aromatic heterocycles. The summed E-state index contributed by atoms with van der Waals surface area (Å²) in [5.41, 5.74) is 0.798. The predicted molar refractivity (Wildman–Crippen MR) is 162 cm³/mol. The number of nitrogens with one attached hydrogen (secondary N) is 3. The van der Waals surface area contributed by atoms with Crippen LogP contribution in [0, 0.1) is 11.6 Å². The van der Waals surface area contributed by atoms with Gasteiger partial charge in [-0.1, -0.05) is 34.8 Å². The summed E-state index contributed by atoms with van der Waals surface area (Å²) >= 11 is 37.1. The average Bonchev–Trinajstić information content (AvgIpc) is 2.83. The lowest BCUT2D eigenvalue weighted by Crippen LogP contribution is -2.10. The van der Waals surface area contributed by atoms with Crippen LogP contribution in [-0.2, 0) is 4.57 Å². The molecule has 0 saturated carbocycles. The zero-order chi connectivity index (χ0) is 29.3. The summed E-state index contributed by atoms with van der Waals surface area (Å²) < 4.78 is 36.3. The van der Waals surface area contributed by atoms with E-state index in [2.05, 4.69) is 96.2 Å². The number of aromatic amines is 1. The Kier molecular flexibility index (Phi) is 13.7. The van der Waals surface area contributed by atoms with Gasteiger partial charge in [0.1, 0.15) is 21.3 Å². The number of rotatable bonds is 4. The molecule has 0 fully saturated rings. The molecule has 2 aromatic carbocycles. The first-order valence-corrected chi connectivity index (χ1v) is 16.8. The zero-order valence-electron chi connectivity index (χ0n) is 18.5. The van der Waals surface area contributed by atoms with Gasteiger partial charge in [-0.25, -0.2) is 18.7 Å². The molecule has 0 unspecified atom stereocenters. The molecule has 0 atom stereocenters. The summed E-state index contributed by atoms with van der Waals surface area (Å²) in [6, 6.07) is 8.34. The number of anilines is 4. The Balaban J connectivity index is 0.000000234. The molecule has 0 bridgehead atoms. The molecule has 4 rings (SSSR count). The van der Waals surface area contributed by atoms with E-state index in [0.717, 1.165) is 0 Å². The first-order valence-electron chi connectivity index (χ1n) is 9.68. The van der Waals surface area contributed by atoms with Crippen LogP contribution in [-0.4, -0.2) is 19.9 Å². The number of nitrogens with zero attached hydrogens (tertiary/aromatic N) is 3. The third kappa shape index (κ3) is 12.9. The fourth-order valence-corrected chi connectivity index (χ4v) is 3.15. The normalized spacial score (nSPS) is 10.5. The number of halogens is 10. The van der Waals surface area contributed by atoms with Crippen LogP contribution in [0.2, 0.25) is 15.2 Å². The molecule has 3 N–H and O–H groups in total. The Hall–Kier alpha value is -1.21. The predicted octanol–water partition coefficient (Wildman–Crippen LogP) is 10.3. The van der Waals surface area contributed by atoms with Crippen LogP contribution in [0.5, 0.6) is 0 Å². The second kappa shape index (κ2) is 15.7. The van der Waals surface area contributed by atoms with Gasteiger partial charge in [-0.3, -0.25) is 14.3 Å². The minimum Gasteiger partial charge on any atom is -0.326 e. The van der Waals surface area contributed by atoms with Crippen molar-refractivity contribution in [1.82, 2.24) is 19.9 Å². The number of aromatic nitrogens is 4. The summed E-state index contributed by atoms with van der Waals surface area (Å²) in [7, 11) is 0. The van der Waals surface area contributed by atoms with Gasteiger partial charge in [-0.05, 0) is 102 Å². The van der Waals surface area contributed by atoms with E-state index >= 15 is 0 Å². The summed E-state index contributed by atoms with van der Waals surface area (Å²) in [5.74, 6) is -0.428. The maximum atomic E-state index is 12.9.